The molecule has 0 aliphatic carbocycles. The van der Waals surface area contributed by atoms with E-state index in [2.05, 4.69) is 10.3 Å². The van der Waals surface area contributed by atoms with Gasteiger partial charge in [-0.3, -0.25) is 4.79 Å². The first-order valence-electron chi connectivity index (χ1n) is 5.24. The molecule has 1 unspecified atom stereocenters. The van der Waals surface area contributed by atoms with Crippen LogP contribution in [0.3, 0.4) is 0 Å². The van der Waals surface area contributed by atoms with Gasteiger partial charge in [-0.05, 0) is 19.1 Å². The number of aliphatic hydroxyl groups is 1. The van der Waals surface area contributed by atoms with Gasteiger partial charge in [-0.25, -0.2) is 4.98 Å². The van der Waals surface area contributed by atoms with Crippen molar-refractivity contribution in [3.8, 4) is 9.88 Å². The number of hydrogen-bond acceptors (Lipinski definition) is 5. The summed E-state index contributed by atoms with van der Waals surface area (Å²) in [6, 6.07) is 3.68. The predicted molar refractivity (Wildman–Crippen MR) is 74.5 cm³/mol. The van der Waals surface area contributed by atoms with Crippen LogP contribution in [0.2, 0.25) is 4.34 Å². The van der Waals surface area contributed by atoms with Crippen LogP contribution in [-0.2, 0) is 0 Å². The number of hydrogen-bond donors (Lipinski definition) is 2. The highest BCUT2D eigenvalue weighted by molar-refractivity contribution is 7.23. The molecule has 0 aliphatic rings. The van der Waals surface area contributed by atoms with Crippen LogP contribution in [0.5, 0.6) is 0 Å². The molecule has 18 heavy (non-hydrogen) atoms. The molecular weight excluding hydrogens is 292 g/mol. The van der Waals surface area contributed by atoms with E-state index in [1.807, 2.05) is 6.07 Å². The highest BCUT2D eigenvalue weighted by atomic mass is 35.5. The minimum atomic E-state index is -0.567. The van der Waals surface area contributed by atoms with E-state index < -0.39 is 6.10 Å². The number of carbonyl (C=O) groups is 1. The smallest absolute Gasteiger partial charge is 0.270 e. The second-order valence-electron chi connectivity index (χ2n) is 3.70. The average molecular weight is 303 g/mol. The minimum absolute atomic E-state index is 0.219. The van der Waals surface area contributed by atoms with Crippen molar-refractivity contribution in [3.05, 3.63) is 27.5 Å². The zero-order chi connectivity index (χ0) is 13.1. The number of nitrogens with zero attached hydrogens (tertiary/aromatic N) is 1. The molecule has 7 heteroatoms. The van der Waals surface area contributed by atoms with Crippen molar-refractivity contribution in [1.82, 2.24) is 10.3 Å². The van der Waals surface area contributed by atoms with Crippen LogP contribution in [0.1, 0.15) is 17.4 Å². The summed E-state index contributed by atoms with van der Waals surface area (Å²) in [6.45, 7) is 1.83. The van der Waals surface area contributed by atoms with Crippen molar-refractivity contribution in [2.24, 2.45) is 0 Å². The van der Waals surface area contributed by atoms with Crippen molar-refractivity contribution in [2.75, 3.05) is 6.54 Å². The van der Waals surface area contributed by atoms with Crippen LogP contribution >= 0.6 is 34.3 Å². The van der Waals surface area contributed by atoms with E-state index in [0.717, 1.165) is 9.88 Å². The molecule has 0 bridgehead atoms. The second-order valence-corrected chi connectivity index (χ2v) is 6.27. The summed E-state index contributed by atoms with van der Waals surface area (Å²) >= 11 is 8.67. The fourth-order valence-electron chi connectivity index (χ4n) is 1.25. The summed E-state index contributed by atoms with van der Waals surface area (Å²) in [5, 5.41) is 14.2. The van der Waals surface area contributed by atoms with Gasteiger partial charge in [0.05, 0.1) is 15.3 Å². The molecule has 0 radical (unpaired) electrons. The molecule has 0 saturated heterocycles. The number of carbonyl (C=O) groups excluding carboxylic acids is 1. The van der Waals surface area contributed by atoms with E-state index in [0.29, 0.717) is 10.0 Å². The van der Waals surface area contributed by atoms with Crippen LogP contribution in [0.4, 0.5) is 0 Å². The lowest BCUT2D eigenvalue weighted by molar-refractivity contribution is 0.0920. The number of thiazole rings is 1. The largest absolute Gasteiger partial charge is 0.392 e. The molecule has 0 aromatic carbocycles. The van der Waals surface area contributed by atoms with Gasteiger partial charge < -0.3 is 10.4 Å². The first kappa shape index (κ1) is 13.5. The van der Waals surface area contributed by atoms with Crippen LogP contribution in [0.25, 0.3) is 9.88 Å². The van der Waals surface area contributed by atoms with Crippen molar-refractivity contribution in [1.29, 1.82) is 0 Å². The molecule has 0 fully saturated rings. The monoisotopic (exact) mass is 302 g/mol. The van der Waals surface area contributed by atoms with E-state index in [1.165, 1.54) is 22.7 Å². The predicted octanol–water partition coefficient (Wildman–Crippen LogP) is 2.64. The highest BCUT2D eigenvalue weighted by Crippen LogP contribution is 2.32. The van der Waals surface area contributed by atoms with Crippen molar-refractivity contribution in [3.63, 3.8) is 0 Å². The van der Waals surface area contributed by atoms with Crippen molar-refractivity contribution < 1.29 is 9.90 Å². The standard InChI is InChI=1S/C11H11ClN2O2S2/c1-6(15)4-13-10(16)7-5-17-11(14-7)8-2-3-9(12)18-8/h2-3,5-6,15H,4H2,1H3,(H,13,16). The first-order chi connectivity index (χ1) is 8.56. The summed E-state index contributed by atoms with van der Waals surface area (Å²) in [5.41, 5.74) is 0.361. The lowest BCUT2D eigenvalue weighted by atomic mass is 10.4. The SMILES string of the molecule is CC(O)CNC(=O)c1csc(-c2ccc(Cl)s2)n1. The second kappa shape index (κ2) is 5.79. The third-order valence-corrected chi connectivity index (χ3v) is 4.32. The highest BCUT2D eigenvalue weighted by Gasteiger charge is 2.13. The van der Waals surface area contributed by atoms with E-state index in [4.69, 9.17) is 16.7 Å². The average Bonchev–Trinajstić information content (AvgIpc) is 2.93. The fraction of sp³-hybridized carbons (Fsp3) is 0.273. The molecule has 2 aromatic rings. The third-order valence-electron chi connectivity index (χ3n) is 2.08. The normalized spacial score (nSPS) is 12.4. The minimum Gasteiger partial charge on any atom is -0.392 e. The number of aromatic nitrogens is 1. The number of thiophene rings is 1. The molecule has 2 N–H and O–H groups in total. The van der Waals surface area contributed by atoms with Gasteiger partial charge in [-0.1, -0.05) is 11.6 Å². The van der Waals surface area contributed by atoms with Gasteiger partial charge in [0.2, 0.25) is 0 Å². The Bertz CT molecular complexity index is 551. The maximum absolute atomic E-state index is 11.7. The number of nitrogens with one attached hydrogen (secondary N) is 1. The zero-order valence-corrected chi connectivity index (χ0v) is 11.9. The molecule has 2 rings (SSSR count). The molecule has 4 nitrogen and oxygen atoms in total. The Hall–Kier alpha value is -0.950. The summed E-state index contributed by atoms with van der Waals surface area (Å²) in [5.74, 6) is -0.277. The van der Waals surface area contributed by atoms with E-state index in [9.17, 15) is 4.79 Å². The third kappa shape index (κ3) is 3.29. The van der Waals surface area contributed by atoms with E-state index in [-0.39, 0.29) is 12.5 Å². The van der Waals surface area contributed by atoms with Gasteiger partial charge in [-0.2, -0.15) is 0 Å². The summed E-state index contributed by atoms with van der Waals surface area (Å²) < 4.78 is 0.695. The zero-order valence-electron chi connectivity index (χ0n) is 9.51. The summed E-state index contributed by atoms with van der Waals surface area (Å²) in [4.78, 5) is 16.9. The van der Waals surface area contributed by atoms with Crippen molar-refractivity contribution >= 4 is 40.2 Å². The fourth-order valence-corrected chi connectivity index (χ4v) is 3.17. The molecule has 0 spiro atoms. The number of rotatable bonds is 4. The summed E-state index contributed by atoms with van der Waals surface area (Å²) in [6.07, 6.45) is -0.567. The molecule has 2 aromatic heterocycles. The molecule has 0 aliphatic heterocycles. The molecule has 0 saturated carbocycles. The Morgan fingerprint density at radius 3 is 3.00 bits per heavy atom. The van der Waals surface area contributed by atoms with Gasteiger partial charge >= 0.3 is 0 Å². The van der Waals surface area contributed by atoms with Gasteiger partial charge in [0.25, 0.3) is 5.91 Å². The van der Waals surface area contributed by atoms with Crippen LogP contribution in [0, 0.1) is 0 Å². The van der Waals surface area contributed by atoms with Crippen LogP contribution in [0.15, 0.2) is 17.5 Å². The summed E-state index contributed by atoms with van der Waals surface area (Å²) in [7, 11) is 0. The Labute approximate surface area is 117 Å². The van der Waals surface area contributed by atoms with Crippen molar-refractivity contribution in [2.45, 2.75) is 13.0 Å². The topological polar surface area (TPSA) is 62.2 Å². The van der Waals surface area contributed by atoms with E-state index in [1.54, 1.807) is 18.4 Å². The van der Waals surface area contributed by atoms with E-state index >= 15 is 0 Å². The number of aliphatic hydroxyl groups excluding tert-OH is 1. The lowest BCUT2D eigenvalue weighted by Crippen LogP contribution is -2.30. The van der Waals surface area contributed by atoms with Crippen LogP contribution < -0.4 is 5.32 Å². The first-order valence-corrected chi connectivity index (χ1v) is 7.31. The Morgan fingerprint density at radius 1 is 1.61 bits per heavy atom. The molecule has 2 heterocycles. The van der Waals surface area contributed by atoms with Gasteiger partial charge in [-0.15, -0.1) is 22.7 Å². The Balaban J connectivity index is 2.08. The molecule has 1 atom stereocenters. The molecular formula is C11H11ClN2O2S2. The maximum atomic E-state index is 11.7. The van der Waals surface area contributed by atoms with Gasteiger partial charge in [0.15, 0.2) is 0 Å². The maximum Gasteiger partial charge on any atom is 0.270 e. The number of halogens is 1. The van der Waals surface area contributed by atoms with Gasteiger partial charge in [0, 0.05) is 11.9 Å². The molecule has 96 valence electrons. The lowest BCUT2D eigenvalue weighted by Gasteiger charge is -2.04. The Morgan fingerprint density at radius 2 is 2.39 bits per heavy atom. The number of amides is 1. The van der Waals surface area contributed by atoms with Gasteiger partial charge in [0.1, 0.15) is 10.7 Å². The quantitative estimate of drug-likeness (QED) is 0.912. The van der Waals surface area contributed by atoms with Crippen LogP contribution in [-0.4, -0.2) is 28.6 Å². The molecule has 1 amide bonds. The Kier molecular flexibility index (Phi) is 4.34.